The van der Waals surface area contributed by atoms with Gasteiger partial charge in [0.25, 0.3) is 10.1 Å². The first-order valence-electron chi connectivity index (χ1n) is 10.5. The van der Waals surface area contributed by atoms with Crippen LogP contribution in [-0.2, 0) is 29.2 Å². The van der Waals surface area contributed by atoms with E-state index in [1.54, 1.807) is 0 Å². The van der Waals surface area contributed by atoms with Crippen molar-refractivity contribution in [2.24, 2.45) is 11.8 Å². The van der Waals surface area contributed by atoms with Gasteiger partial charge in [-0.05, 0) is 24.7 Å². The molecule has 0 aliphatic heterocycles. The Balaban J connectivity index is 0. The normalized spacial score (nSPS) is 14.4. The van der Waals surface area contributed by atoms with Crippen molar-refractivity contribution in [3.05, 3.63) is 0 Å². The van der Waals surface area contributed by atoms with Gasteiger partial charge in [0, 0.05) is 0 Å². The fourth-order valence-electron chi connectivity index (χ4n) is 2.82. The average molecular weight is 463 g/mol. The standard InChI is InChI=1S/C20H38O7S.K.H/c1-5-9-11-16(7-3)14-26-19(21)13-18(28(23,24)25)20(22)27-15-17(8-4)12-10-6-2;;/h16-18H,5-15H2,1-4H3,(H,23,24,25);;. The Kier molecular flexibility index (Phi) is 19.8. The Morgan fingerprint density at radius 2 is 1.31 bits per heavy atom. The van der Waals surface area contributed by atoms with Crippen LogP contribution in [0.25, 0.3) is 0 Å². The summed E-state index contributed by atoms with van der Waals surface area (Å²) in [5, 5.41) is -1.95. The quantitative estimate of drug-likeness (QED) is 0.212. The van der Waals surface area contributed by atoms with E-state index < -0.39 is 33.7 Å². The van der Waals surface area contributed by atoms with Gasteiger partial charge in [-0.2, -0.15) is 8.42 Å². The van der Waals surface area contributed by atoms with Crippen molar-refractivity contribution >= 4 is 73.4 Å². The molecule has 168 valence electrons. The van der Waals surface area contributed by atoms with Gasteiger partial charge < -0.3 is 9.47 Å². The van der Waals surface area contributed by atoms with Crippen molar-refractivity contribution in [1.82, 2.24) is 0 Å². The van der Waals surface area contributed by atoms with Gasteiger partial charge >= 0.3 is 63.3 Å². The van der Waals surface area contributed by atoms with Crippen LogP contribution in [0.5, 0.6) is 0 Å². The maximum atomic E-state index is 12.2. The molecule has 0 heterocycles. The van der Waals surface area contributed by atoms with Gasteiger partial charge in [-0.1, -0.05) is 66.2 Å². The van der Waals surface area contributed by atoms with Gasteiger partial charge in [-0.25, -0.2) is 0 Å². The molecule has 0 bridgehead atoms. The molecule has 0 aliphatic rings. The van der Waals surface area contributed by atoms with Crippen LogP contribution in [0.15, 0.2) is 0 Å². The number of hydrogen-bond donors (Lipinski definition) is 1. The van der Waals surface area contributed by atoms with E-state index in [0.29, 0.717) is 0 Å². The van der Waals surface area contributed by atoms with Crippen LogP contribution in [0.1, 0.15) is 85.5 Å². The zero-order chi connectivity index (χ0) is 21.6. The van der Waals surface area contributed by atoms with Crippen LogP contribution in [0.2, 0.25) is 0 Å². The monoisotopic (exact) mass is 462 g/mol. The van der Waals surface area contributed by atoms with Gasteiger partial charge in [-0.15, -0.1) is 0 Å². The summed E-state index contributed by atoms with van der Waals surface area (Å²) < 4.78 is 42.8. The van der Waals surface area contributed by atoms with Crippen LogP contribution < -0.4 is 0 Å². The molecule has 0 saturated heterocycles. The molecule has 3 atom stereocenters. The van der Waals surface area contributed by atoms with Gasteiger partial charge in [0.1, 0.15) is 0 Å². The number of carbonyl (C=O) groups excluding carboxylic acids is 2. The molecular formula is C20H39KO7S. The summed E-state index contributed by atoms with van der Waals surface area (Å²) in [6.45, 7) is 8.35. The second kappa shape index (κ2) is 18.1. The number of rotatable bonds is 16. The van der Waals surface area contributed by atoms with Crippen LogP contribution in [0.4, 0.5) is 0 Å². The minimum atomic E-state index is -4.76. The molecule has 0 fully saturated rings. The van der Waals surface area contributed by atoms with Crippen LogP contribution in [0.3, 0.4) is 0 Å². The molecule has 3 unspecified atom stereocenters. The third kappa shape index (κ3) is 15.0. The van der Waals surface area contributed by atoms with E-state index in [1.165, 1.54) is 0 Å². The molecule has 0 radical (unpaired) electrons. The molecule has 0 spiro atoms. The number of unbranched alkanes of at least 4 members (excludes halogenated alkanes) is 2. The Morgan fingerprint density at radius 3 is 1.69 bits per heavy atom. The van der Waals surface area contributed by atoms with Crippen molar-refractivity contribution in [3.8, 4) is 0 Å². The predicted octanol–water partition coefficient (Wildman–Crippen LogP) is 3.50. The molecule has 0 saturated carbocycles. The second-order valence-corrected chi connectivity index (χ2v) is 8.95. The third-order valence-electron chi connectivity index (χ3n) is 5.00. The van der Waals surface area contributed by atoms with E-state index in [4.69, 9.17) is 9.47 Å². The molecule has 9 heteroatoms. The SMILES string of the molecule is CCCCC(CC)COC(=O)CC(C(=O)OCC(CC)CCCC)S(=O)(=O)O.[KH]. The molecule has 0 aromatic rings. The van der Waals surface area contributed by atoms with E-state index in [2.05, 4.69) is 13.8 Å². The van der Waals surface area contributed by atoms with E-state index in [9.17, 15) is 22.6 Å². The molecule has 0 amide bonds. The Bertz CT molecular complexity index is 551. The van der Waals surface area contributed by atoms with Crippen molar-refractivity contribution in [3.63, 3.8) is 0 Å². The molecule has 1 N–H and O–H groups in total. The first-order chi connectivity index (χ1) is 13.2. The Morgan fingerprint density at radius 1 is 0.862 bits per heavy atom. The zero-order valence-corrected chi connectivity index (χ0v) is 18.6. The molecule has 29 heavy (non-hydrogen) atoms. The summed E-state index contributed by atoms with van der Waals surface area (Å²) in [5.41, 5.74) is 0. The van der Waals surface area contributed by atoms with Gasteiger partial charge in [0.2, 0.25) is 0 Å². The average Bonchev–Trinajstić information content (AvgIpc) is 2.65. The Hall–Kier alpha value is 0.486. The van der Waals surface area contributed by atoms with Crippen LogP contribution in [-0.4, -0.2) is 94.8 Å². The minimum absolute atomic E-state index is 0. The summed E-state index contributed by atoms with van der Waals surface area (Å²) in [6.07, 6.45) is 6.74. The van der Waals surface area contributed by atoms with Gasteiger partial charge in [-0.3, -0.25) is 14.1 Å². The summed E-state index contributed by atoms with van der Waals surface area (Å²) in [7, 11) is -4.76. The van der Waals surface area contributed by atoms with Crippen molar-refractivity contribution in [2.45, 2.75) is 90.7 Å². The fraction of sp³-hybridized carbons (Fsp3) is 0.900. The second-order valence-electron chi connectivity index (χ2n) is 7.35. The summed E-state index contributed by atoms with van der Waals surface area (Å²) in [6, 6.07) is 0. The predicted molar refractivity (Wildman–Crippen MR) is 116 cm³/mol. The molecule has 0 rings (SSSR count). The molecule has 0 aliphatic carbocycles. The number of esters is 2. The first kappa shape index (κ1) is 31.7. The summed E-state index contributed by atoms with van der Waals surface area (Å²) in [5.74, 6) is -1.61. The van der Waals surface area contributed by atoms with E-state index in [-0.39, 0.29) is 76.4 Å². The van der Waals surface area contributed by atoms with E-state index in [1.807, 2.05) is 13.8 Å². The Labute approximate surface area is 219 Å². The molecule has 0 aromatic heterocycles. The number of ether oxygens (including phenoxy) is 2. The maximum absolute atomic E-state index is 12.2. The van der Waals surface area contributed by atoms with Gasteiger partial charge in [0.05, 0.1) is 19.6 Å². The van der Waals surface area contributed by atoms with E-state index in [0.717, 1.165) is 51.4 Å². The van der Waals surface area contributed by atoms with Crippen molar-refractivity contribution < 1.29 is 32.0 Å². The topological polar surface area (TPSA) is 107 Å². The third-order valence-corrected chi connectivity index (χ3v) is 6.08. The number of hydrogen-bond acceptors (Lipinski definition) is 6. The molecular weight excluding hydrogens is 423 g/mol. The van der Waals surface area contributed by atoms with E-state index >= 15 is 0 Å². The molecule has 7 nitrogen and oxygen atoms in total. The van der Waals surface area contributed by atoms with Gasteiger partial charge in [0.15, 0.2) is 5.25 Å². The zero-order valence-electron chi connectivity index (χ0n) is 17.8. The molecule has 0 aromatic carbocycles. The fourth-order valence-corrected chi connectivity index (χ4v) is 3.48. The van der Waals surface area contributed by atoms with Crippen LogP contribution >= 0.6 is 0 Å². The van der Waals surface area contributed by atoms with Crippen LogP contribution in [0, 0.1) is 11.8 Å². The number of carbonyl (C=O) groups is 2. The summed E-state index contributed by atoms with van der Waals surface area (Å²) >= 11 is 0. The van der Waals surface area contributed by atoms with Crippen molar-refractivity contribution in [2.75, 3.05) is 13.2 Å². The summed E-state index contributed by atoms with van der Waals surface area (Å²) in [4.78, 5) is 24.2. The first-order valence-corrected chi connectivity index (χ1v) is 12.0. The van der Waals surface area contributed by atoms with Crippen molar-refractivity contribution in [1.29, 1.82) is 0 Å².